The number of hydrogen-bond acceptors (Lipinski definition) is 7. The molecule has 2 fully saturated rings. The van der Waals surface area contributed by atoms with Gasteiger partial charge in [0.2, 0.25) is 6.41 Å². The molecule has 1 atom stereocenters. The van der Waals surface area contributed by atoms with E-state index in [4.69, 9.17) is 15.2 Å². The summed E-state index contributed by atoms with van der Waals surface area (Å²) in [7, 11) is 1.64. The predicted octanol–water partition coefficient (Wildman–Crippen LogP) is 1.42. The normalized spacial score (nSPS) is 21.8. The molecule has 2 heterocycles. The van der Waals surface area contributed by atoms with E-state index in [-0.39, 0.29) is 11.1 Å². The Balaban J connectivity index is 1.75. The van der Waals surface area contributed by atoms with Crippen molar-refractivity contribution >= 4 is 11.5 Å². The largest absolute Gasteiger partial charge is 0.494 e. The number of methoxy groups -OCH3 is 1. The number of hydrogen-bond donors (Lipinski definition) is 2. The van der Waals surface area contributed by atoms with Gasteiger partial charge in [0, 0.05) is 31.2 Å². The van der Waals surface area contributed by atoms with Crippen LogP contribution in [0.1, 0.15) is 33.6 Å². The minimum Gasteiger partial charge on any atom is -0.494 e. The highest BCUT2D eigenvalue weighted by Gasteiger charge is 2.54. The van der Waals surface area contributed by atoms with E-state index in [1.807, 2.05) is 20.8 Å². The predicted molar refractivity (Wildman–Crippen MR) is 92.9 cm³/mol. The Hall–Kier alpha value is -1.57. The van der Waals surface area contributed by atoms with E-state index in [2.05, 4.69) is 14.8 Å². The van der Waals surface area contributed by atoms with Gasteiger partial charge in [-0.05, 0) is 33.6 Å². The van der Waals surface area contributed by atoms with Crippen LogP contribution in [-0.4, -0.2) is 59.3 Å². The molecular weight excluding hydrogens is 308 g/mol. The van der Waals surface area contributed by atoms with E-state index in [0.717, 1.165) is 43.9 Å². The number of aliphatic hydroxyl groups excluding tert-OH is 1. The monoisotopic (exact) mass is 336 g/mol. The van der Waals surface area contributed by atoms with Crippen LogP contribution in [0, 0.1) is 0 Å². The van der Waals surface area contributed by atoms with E-state index in [0.29, 0.717) is 5.82 Å². The van der Waals surface area contributed by atoms with Crippen molar-refractivity contribution in [1.29, 1.82) is 0 Å². The Morgan fingerprint density at radius 2 is 2.04 bits per heavy atom. The SMILES string of the molecule is COc1cc(N)ncc1N1CCN(C(O)OC(C)(C)C)C2(CC2)C1. The summed E-state index contributed by atoms with van der Waals surface area (Å²) in [6.45, 7) is 8.18. The lowest BCUT2D eigenvalue weighted by Gasteiger charge is -2.45. The van der Waals surface area contributed by atoms with Gasteiger partial charge in [0.25, 0.3) is 0 Å². The molecule has 1 spiro atoms. The van der Waals surface area contributed by atoms with Gasteiger partial charge in [0.15, 0.2) is 0 Å². The van der Waals surface area contributed by atoms with Crippen LogP contribution in [0.4, 0.5) is 11.5 Å². The first-order valence-electron chi connectivity index (χ1n) is 8.41. The molecule has 3 rings (SSSR count). The summed E-state index contributed by atoms with van der Waals surface area (Å²) in [5, 5.41) is 10.5. The molecule has 1 aliphatic carbocycles. The maximum atomic E-state index is 10.5. The Bertz CT molecular complexity index is 598. The fourth-order valence-electron chi connectivity index (χ4n) is 3.36. The van der Waals surface area contributed by atoms with E-state index < -0.39 is 6.41 Å². The topological polar surface area (TPSA) is 84.1 Å². The third kappa shape index (κ3) is 3.43. The van der Waals surface area contributed by atoms with Gasteiger partial charge in [-0.1, -0.05) is 0 Å². The number of rotatable bonds is 4. The van der Waals surface area contributed by atoms with Crippen molar-refractivity contribution in [2.24, 2.45) is 0 Å². The van der Waals surface area contributed by atoms with Gasteiger partial charge in [-0.3, -0.25) is 0 Å². The van der Waals surface area contributed by atoms with E-state index in [1.165, 1.54) is 0 Å². The van der Waals surface area contributed by atoms with E-state index in [1.54, 1.807) is 19.4 Å². The van der Waals surface area contributed by atoms with Crippen molar-refractivity contribution < 1.29 is 14.6 Å². The molecule has 7 nitrogen and oxygen atoms in total. The van der Waals surface area contributed by atoms with Crippen LogP contribution < -0.4 is 15.4 Å². The quantitative estimate of drug-likeness (QED) is 0.804. The van der Waals surface area contributed by atoms with Gasteiger partial charge in [0.1, 0.15) is 11.6 Å². The number of aromatic nitrogens is 1. The summed E-state index contributed by atoms with van der Waals surface area (Å²) in [6.07, 6.45) is 3.00. The van der Waals surface area contributed by atoms with Crippen LogP contribution in [0.5, 0.6) is 5.75 Å². The minimum atomic E-state index is -0.874. The van der Waals surface area contributed by atoms with Gasteiger partial charge in [0.05, 0.1) is 24.6 Å². The summed E-state index contributed by atoms with van der Waals surface area (Å²) in [5.74, 6) is 1.18. The number of pyridine rings is 1. The Morgan fingerprint density at radius 1 is 1.33 bits per heavy atom. The zero-order valence-corrected chi connectivity index (χ0v) is 15.0. The number of piperazine rings is 1. The first kappa shape index (κ1) is 17.3. The second kappa shape index (κ2) is 6.06. The Labute approximate surface area is 143 Å². The molecule has 3 N–H and O–H groups in total. The van der Waals surface area contributed by atoms with Crippen molar-refractivity contribution in [3.05, 3.63) is 12.3 Å². The highest BCUT2D eigenvalue weighted by Crippen LogP contribution is 2.47. The standard InChI is InChI=1S/C17H28N4O3/c1-16(2,3)24-15(22)21-8-7-20(11-17(21)5-6-17)12-10-19-14(18)9-13(12)23-4/h9-10,15,22H,5-8,11H2,1-4H3,(H2,18,19). The van der Waals surface area contributed by atoms with E-state index >= 15 is 0 Å². The summed E-state index contributed by atoms with van der Waals surface area (Å²) in [5.41, 5.74) is 6.29. The van der Waals surface area contributed by atoms with Crippen molar-refractivity contribution in [2.45, 2.75) is 51.2 Å². The van der Waals surface area contributed by atoms with Crippen LogP contribution in [-0.2, 0) is 4.74 Å². The van der Waals surface area contributed by atoms with Crippen LogP contribution in [0.2, 0.25) is 0 Å². The van der Waals surface area contributed by atoms with Gasteiger partial charge in [-0.15, -0.1) is 0 Å². The molecule has 0 amide bonds. The fourth-order valence-corrected chi connectivity index (χ4v) is 3.36. The van der Waals surface area contributed by atoms with Crippen LogP contribution >= 0.6 is 0 Å². The molecule has 0 aromatic carbocycles. The molecule has 1 aromatic rings. The average molecular weight is 336 g/mol. The number of ether oxygens (including phenoxy) is 2. The van der Waals surface area contributed by atoms with Crippen molar-refractivity contribution in [3.8, 4) is 5.75 Å². The lowest BCUT2D eigenvalue weighted by molar-refractivity contribution is -0.253. The van der Waals surface area contributed by atoms with Crippen molar-refractivity contribution in [3.63, 3.8) is 0 Å². The van der Waals surface area contributed by atoms with Gasteiger partial charge < -0.3 is 25.2 Å². The number of nitrogens with two attached hydrogens (primary N) is 1. The van der Waals surface area contributed by atoms with Gasteiger partial charge in [-0.25, -0.2) is 9.88 Å². The fraction of sp³-hybridized carbons (Fsp3) is 0.706. The molecule has 1 saturated carbocycles. The number of anilines is 2. The molecule has 1 saturated heterocycles. The minimum absolute atomic E-state index is 0.0324. The van der Waals surface area contributed by atoms with Gasteiger partial charge in [-0.2, -0.15) is 0 Å². The molecule has 0 bridgehead atoms. The maximum Gasteiger partial charge on any atom is 0.217 e. The first-order valence-corrected chi connectivity index (χ1v) is 8.41. The third-order valence-electron chi connectivity index (χ3n) is 4.69. The smallest absolute Gasteiger partial charge is 0.217 e. The number of nitrogen functional groups attached to an aromatic ring is 1. The Kier molecular flexibility index (Phi) is 4.36. The molecule has 1 aromatic heterocycles. The van der Waals surface area contributed by atoms with Crippen molar-refractivity contribution in [1.82, 2.24) is 9.88 Å². The van der Waals surface area contributed by atoms with Crippen LogP contribution in [0.25, 0.3) is 0 Å². The summed E-state index contributed by atoms with van der Waals surface area (Å²) < 4.78 is 11.2. The zero-order chi connectivity index (χ0) is 17.5. The summed E-state index contributed by atoms with van der Waals surface area (Å²) in [6, 6.07) is 1.75. The lowest BCUT2D eigenvalue weighted by Crippen LogP contribution is -2.60. The molecule has 1 unspecified atom stereocenters. The van der Waals surface area contributed by atoms with E-state index in [9.17, 15) is 5.11 Å². The lowest BCUT2D eigenvalue weighted by atomic mass is 10.1. The summed E-state index contributed by atoms with van der Waals surface area (Å²) >= 11 is 0. The van der Waals surface area contributed by atoms with Gasteiger partial charge >= 0.3 is 0 Å². The number of aliphatic hydroxyl groups is 1. The maximum absolute atomic E-state index is 10.5. The number of nitrogens with zero attached hydrogens (tertiary/aromatic N) is 3. The van der Waals surface area contributed by atoms with Crippen LogP contribution in [0.3, 0.4) is 0 Å². The molecule has 7 heteroatoms. The van der Waals surface area contributed by atoms with Crippen LogP contribution in [0.15, 0.2) is 12.3 Å². The summed E-state index contributed by atoms with van der Waals surface area (Å²) in [4.78, 5) is 8.55. The molecule has 24 heavy (non-hydrogen) atoms. The molecule has 134 valence electrons. The first-order chi connectivity index (χ1) is 11.2. The second-order valence-corrected chi connectivity index (χ2v) is 7.68. The Morgan fingerprint density at radius 3 is 2.62 bits per heavy atom. The third-order valence-corrected chi connectivity index (χ3v) is 4.69. The molecule has 1 aliphatic heterocycles. The highest BCUT2D eigenvalue weighted by molar-refractivity contribution is 5.61. The van der Waals surface area contributed by atoms with Crippen molar-refractivity contribution in [2.75, 3.05) is 37.4 Å². The highest BCUT2D eigenvalue weighted by atomic mass is 16.6. The zero-order valence-electron chi connectivity index (χ0n) is 15.0. The average Bonchev–Trinajstić information content (AvgIpc) is 3.24. The second-order valence-electron chi connectivity index (χ2n) is 7.68. The molecule has 2 aliphatic rings. The molecule has 0 radical (unpaired) electrons. The molecular formula is C17H28N4O3.